The summed E-state index contributed by atoms with van der Waals surface area (Å²) >= 11 is 0. The van der Waals surface area contributed by atoms with Crippen LogP contribution < -0.4 is 54.0 Å². The number of carbonyl (C=O) groups excluding carboxylic acids is 8. The minimum absolute atomic E-state index is 0.0181. The summed E-state index contributed by atoms with van der Waals surface area (Å²) in [6.07, 6.45) is -3.04. The van der Waals surface area contributed by atoms with Crippen LogP contribution in [0.2, 0.25) is 0 Å². The summed E-state index contributed by atoms with van der Waals surface area (Å²) in [5.74, 6) is -12.2. The molecule has 0 aliphatic carbocycles. The molecule has 1 rings (SSSR count). The number of nitrogens with two attached hydrogens (primary N) is 2. The molecule has 0 saturated carbocycles. The number of nitrogens with one attached hydrogen (secondary N) is 8. The van der Waals surface area contributed by atoms with E-state index < -0.39 is 163 Å². The molecule has 0 spiro atoms. The average molecular weight is 1130 g/mol. The van der Waals surface area contributed by atoms with E-state index >= 15 is 0 Å². The van der Waals surface area contributed by atoms with Crippen molar-refractivity contribution in [2.24, 2.45) is 39.6 Å². The number of rotatable bonds is 37. The number of hydrogen-bond acceptors (Lipinski definition) is 14. The van der Waals surface area contributed by atoms with Crippen LogP contribution in [0.25, 0.3) is 0 Å². The van der Waals surface area contributed by atoms with Gasteiger partial charge >= 0.3 is 17.9 Å². The van der Waals surface area contributed by atoms with E-state index in [1.54, 1.807) is 74.4 Å². The third-order valence-electron chi connectivity index (χ3n) is 12.8. The molecule has 7 amide bonds. The number of aromatic hydroxyl groups is 1. The number of guanidine groups is 1. The van der Waals surface area contributed by atoms with Gasteiger partial charge < -0.3 is 74.4 Å². The zero-order chi connectivity index (χ0) is 61.2. The molecule has 16 N–H and O–H groups in total. The van der Waals surface area contributed by atoms with Crippen molar-refractivity contribution in [1.29, 1.82) is 0 Å². The van der Waals surface area contributed by atoms with Crippen molar-refractivity contribution in [3.8, 4) is 5.75 Å². The Balaban J connectivity index is 3.64. The molecule has 450 valence electrons. The number of aliphatic carboxylic acids is 3. The van der Waals surface area contributed by atoms with Crippen LogP contribution in [0.15, 0.2) is 29.3 Å². The van der Waals surface area contributed by atoms with Gasteiger partial charge in [-0.05, 0) is 80.4 Å². The minimum Gasteiger partial charge on any atom is -0.508 e. The van der Waals surface area contributed by atoms with Crippen molar-refractivity contribution in [1.82, 2.24) is 42.5 Å². The molecular formula is C54H89N11O15. The van der Waals surface area contributed by atoms with Crippen LogP contribution in [0.4, 0.5) is 0 Å². The van der Waals surface area contributed by atoms with Crippen molar-refractivity contribution in [2.45, 2.75) is 201 Å². The number of ketones is 1. The van der Waals surface area contributed by atoms with E-state index in [1.165, 1.54) is 12.1 Å². The zero-order valence-electron chi connectivity index (χ0n) is 48.1. The first-order chi connectivity index (χ1) is 37.2. The third kappa shape index (κ3) is 27.0. The predicted octanol–water partition coefficient (Wildman–Crippen LogP) is 0.706. The number of amides is 7. The van der Waals surface area contributed by atoms with Gasteiger partial charge in [0.15, 0.2) is 11.7 Å². The fourth-order valence-electron chi connectivity index (χ4n) is 8.19. The van der Waals surface area contributed by atoms with Crippen LogP contribution in [0.1, 0.15) is 146 Å². The molecule has 9 unspecified atom stereocenters. The molecule has 26 nitrogen and oxygen atoms in total. The van der Waals surface area contributed by atoms with E-state index in [1.807, 2.05) is 13.8 Å². The lowest BCUT2D eigenvalue weighted by atomic mass is 9.83. The van der Waals surface area contributed by atoms with Crippen LogP contribution in [-0.4, -0.2) is 152 Å². The number of carboxylic acids is 3. The SMILES string of the molecule is CCC(C)C(NC(=O)C(CCC(=O)O)NC(=O)C(CCC(=O)O)NC(=O)C(CCC(=O)O)NC(=O)C(Cc1ccc(O)cc1)NC(C)C)C(=O)NC(CCCN=C(N)N)C(=O)NC(C(=O)NC(CC(C)C)C(=O)C(C)(C)C)C(C)C. The Morgan fingerprint density at radius 2 is 0.925 bits per heavy atom. The lowest BCUT2D eigenvalue weighted by Crippen LogP contribution is -2.61. The number of phenols is 1. The molecule has 9 atom stereocenters. The summed E-state index contributed by atoms with van der Waals surface area (Å²) < 4.78 is 0. The summed E-state index contributed by atoms with van der Waals surface area (Å²) in [5.41, 5.74) is 10.8. The molecule has 0 fully saturated rings. The van der Waals surface area contributed by atoms with Gasteiger partial charge in [0.1, 0.15) is 42.0 Å². The van der Waals surface area contributed by atoms with Crippen LogP contribution in [-0.2, 0) is 59.2 Å². The first-order valence-electron chi connectivity index (χ1n) is 27.1. The van der Waals surface area contributed by atoms with E-state index in [4.69, 9.17) is 11.5 Å². The Labute approximate surface area is 468 Å². The Morgan fingerprint density at radius 3 is 1.31 bits per heavy atom. The fraction of sp³-hybridized carbons (Fsp3) is 0.667. The van der Waals surface area contributed by atoms with Gasteiger partial charge in [-0.25, -0.2) is 0 Å². The molecule has 0 radical (unpaired) electrons. The van der Waals surface area contributed by atoms with Gasteiger partial charge in [0.05, 0.1) is 12.1 Å². The zero-order valence-corrected chi connectivity index (χ0v) is 48.1. The third-order valence-corrected chi connectivity index (χ3v) is 12.8. The standard InChI is InChI=1S/C54H89N11O15/c1-12-31(8)44(52(80)62-34(14-13-25-57-53(55)56)48(76)64-43(29(4)5)51(79)63-38(26-28(2)3)45(73)54(9,10)11)65-49(77)37(21-24-42(71)72)60-46(74)35(19-22-40(67)68)59-47(75)36(20-23-41(69)70)61-50(78)39(58-30(6)7)27-32-15-17-33(66)18-16-32/h15-18,28-31,34-39,43-44,58,66H,12-14,19-27H2,1-11H3,(H,59,75)(H,60,74)(H,61,78)(H,62,80)(H,63,79)(H,64,76)(H,65,77)(H,67,68)(H,69,70)(H,71,72)(H4,55,56,57). The summed E-state index contributed by atoms with van der Waals surface area (Å²) in [6.45, 7) is 19.2. The van der Waals surface area contributed by atoms with Gasteiger partial charge in [-0.15, -0.1) is 0 Å². The highest BCUT2D eigenvalue weighted by atomic mass is 16.4. The second kappa shape index (κ2) is 34.6. The predicted molar refractivity (Wildman–Crippen MR) is 296 cm³/mol. The van der Waals surface area contributed by atoms with E-state index in [2.05, 4.69) is 47.5 Å². The number of phenolic OH excluding ortho intramolecular Hbond substituents is 1. The number of Topliss-reactive ketones (excluding diaryl/α,β-unsaturated/α-hetero) is 1. The van der Waals surface area contributed by atoms with Crippen LogP contribution in [0.5, 0.6) is 5.75 Å². The van der Waals surface area contributed by atoms with Crippen molar-refractivity contribution < 1.29 is 73.2 Å². The molecule has 0 aromatic heterocycles. The van der Waals surface area contributed by atoms with Gasteiger partial charge in [-0.3, -0.25) is 57.7 Å². The van der Waals surface area contributed by atoms with Crippen LogP contribution >= 0.6 is 0 Å². The number of benzene rings is 1. The quantitative estimate of drug-likeness (QED) is 0.0248. The van der Waals surface area contributed by atoms with Crippen molar-refractivity contribution >= 4 is 71.0 Å². The Kier molecular flexibility index (Phi) is 30.5. The van der Waals surface area contributed by atoms with Crippen molar-refractivity contribution in [3.63, 3.8) is 0 Å². The van der Waals surface area contributed by atoms with Gasteiger partial charge in [0.2, 0.25) is 41.4 Å². The number of nitrogens with zero attached hydrogens (tertiary/aromatic N) is 1. The summed E-state index contributed by atoms with van der Waals surface area (Å²) in [7, 11) is 0. The van der Waals surface area contributed by atoms with E-state index in [9.17, 15) is 73.2 Å². The number of carbonyl (C=O) groups is 11. The van der Waals surface area contributed by atoms with E-state index in [-0.39, 0.29) is 61.7 Å². The molecule has 0 saturated heterocycles. The molecule has 0 bridgehead atoms. The summed E-state index contributed by atoms with van der Waals surface area (Å²) in [6, 6.07) is -5.28. The van der Waals surface area contributed by atoms with Gasteiger partial charge in [0.25, 0.3) is 0 Å². The largest absolute Gasteiger partial charge is 0.508 e. The summed E-state index contributed by atoms with van der Waals surface area (Å²) in [4.78, 5) is 151. The molecule has 80 heavy (non-hydrogen) atoms. The Morgan fingerprint density at radius 1 is 0.537 bits per heavy atom. The molecule has 1 aromatic rings. The molecule has 0 aliphatic rings. The first kappa shape index (κ1) is 70.6. The van der Waals surface area contributed by atoms with Crippen LogP contribution in [0, 0.1) is 23.2 Å². The number of carboxylic acid groups (broad SMARTS) is 3. The van der Waals surface area contributed by atoms with Gasteiger partial charge in [-0.2, -0.15) is 0 Å². The molecule has 26 heteroatoms. The molecule has 1 aromatic carbocycles. The van der Waals surface area contributed by atoms with E-state index in [0.717, 1.165) is 0 Å². The Hall–Kier alpha value is -7.38. The monoisotopic (exact) mass is 1130 g/mol. The van der Waals surface area contributed by atoms with Gasteiger partial charge in [0, 0.05) is 37.3 Å². The lowest BCUT2D eigenvalue weighted by molar-refractivity contribution is -0.140. The highest BCUT2D eigenvalue weighted by Crippen LogP contribution is 2.21. The topological polar surface area (TPSA) is 429 Å². The number of hydrogen-bond donors (Lipinski definition) is 14. The highest BCUT2D eigenvalue weighted by Gasteiger charge is 2.38. The first-order valence-corrected chi connectivity index (χ1v) is 27.1. The second-order valence-electron chi connectivity index (χ2n) is 22.1. The molecular weight excluding hydrogens is 1040 g/mol. The lowest BCUT2D eigenvalue weighted by Gasteiger charge is -2.31. The minimum atomic E-state index is -1.77. The van der Waals surface area contributed by atoms with E-state index in [0.29, 0.717) is 12.0 Å². The normalized spacial score (nSPS) is 14.8. The summed E-state index contributed by atoms with van der Waals surface area (Å²) in [5, 5.41) is 59.6. The maximum atomic E-state index is 14.4. The number of aliphatic imine (C=N–C) groups is 1. The second-order valence-corrected chi connectivity index (χ2v) is 22.1. The average Bonchev–Trinajstić information content (AvgIpc) is 3.35. The van der Waals surface area contributed by atoms with Crippen molar-refractivity contribution in [3.05, 3.63) is 29.8 Å². The molecule has 0 heterocycles. The smallest absolute Gasteiger partial charge is 0.303 e. The fourth-order valence-corrected chi connectivity index (χ4v) is 8.19. The maximum Gasteiger partial charge on any atom is 0.303 e. The maximum absolute atomic E-state index is 14.4. The van der Waals surface area contributed by atoms with Crippen LogP contribution in [0.3, 0.4) is 0 Å². The van der Waals surface area contributed by atoms with Gasteiger partial charge in [-0.1, -0.05) is 94.7 Å². The molecule has 0 aliphatic heterocycles. The Bertz CT molecular complexity index is 2300. The highest BCUT2D eigenvalue weighted by molar-refractivity contribution is 5.99. The van der Waals surface area contributed by atoms with Crippen molar-refractivity contribution in [2.75, 3.05) is 6.54 Å².